The summed E-state index contributed by atoms with van der Waals surface area (Å²) in [7, 11) is -3.60. The molecule has 0 unspecified atom stereocenters. The Balaban J connectivity index is 2.09. The van der Waals surface area contributed by atoms with E-state index in [4.69, 9.17) is 5.73 Å². The topological polar surface area (TPSA) is 63.4 Å². The van der Waals surface area contributed by atoms with Crippen LogP contribution in [0.15, 0.2) is 56.7 Å². The van der Waals surface area contributed by atoms with Crippen molar-refractivity contribution in [2.45, 2.75) is 9.79 Å². The van der Waals surface area contributed by atoms with Crippen molar-refractivity contribution in [3.8, 4) is 0 Å². The zero-order valence-electron chi connectivity index (χ0n) is 11.0. The molecule has 0 bridgehead atoms. The van der Waals surface area contributed by atoms with Gasteiger partial charge in [-0.1, -0.05) is 12.1 Å². The smallest absolute Gasteiger partial charge is 0.264 e. The molecule has 4 nitrogen and oxygen atoms in total. The van der Waals surface area contributed by atoms with E-state index >= 15 is 0 Å². The molecule has 0 aromatic heterocycles. The third kappa shape index (κ3) is 2.65. The maximum Gasteiger partial charge on any atom is 0.264 e. The van der Waals surface area contributed by atoms with Crippen LogP contribution < -0.4 is 10.0 Å². The fraction of sp³-hybridized carbons (Fsp3) is 0.143. The summed E-state index contributed by atoms with van der Waals surface area (Å²) >= 11 is 4.95. The summed E-state index contributed by atoms with van der Waals surface area (Å²) in [5.74, 6) is 0.738. The van der Waals surface area contributed by atoms with Crippen LogP contribution in [0, 0.1) is 0 Å². The van der Waals surface area contributed by atoms with Crippen molar-refractivity contribution in [1.29, 1.82) is 0 Å². The summed E-state index contributed by atoms with van der Waals surface area (Å²) in [4.78, 5) is 1.20. The molecule has 2 aromatic rings. The number of thioether (sulfide) groups is 1. The van der Waals surface area contributed by atoms with Gasteiger partial charge in [-0.3, -0.25) is 4.31 Å². The largest absolute Gasteiger partial charge is 0.398 e. The number of halogens is 1. The molecule has 7 heteroatoms. The van der Waals surface area contributed by atoms with Crippen LogP contribution in [0.3, 0.4) is 0 Å². The van der Waals surface area contributed by atoms with E-state index in [1.54, 1.807) is 23.9 Å². The van der Waals surface area contributed by atoms with Crippen molar-refractivity contribution in [2.75, 3.05) is 22.3 Å². The zero-order valence-corrected chi connectivity index (χ0v) is 14.2. The van der Waals surface area contributed by atoms with Crippen LogP contribution in [-0.4, -0.2) is 20.7 Å². The molecule has 0 aliphatic carbocycles. The van der Waals surface area contributed by atoms with Crippen LogP contribution >= 0.6 is 27.7 Å². The lowest BCUT2D eigenvalue weighted by Crippen LogP contribution is -2.35. The molecule has 2 aromatic carbocycles. The Kier molecular flexibility index (Phi) is 3.90. The van der Waals surface area contributed by atoms with Crippen LogP contribution in [0.1, 0.15) is 0 Å². The summed E-state index contributed by atoms with van der Waals surface area (Å²) in [5, 5.41) is 0. The molecule has 110 valence electrons. The SMILES string of the molecule is Nc1cc(S(=O)(=O)N2CCSc3ccccc32)ccc1Br. The van der Waals surface area contributed by atoms with Gasteiger partial charge in [-0.05, 0) is 46.3 Å². The summed E-state index contributed by atoms with van der Waals surface area (Å²) < 4.78 is 27.9. The lowest BCUT2D eigenvalue weighted by molar-refractivity contribution is 0.591. The van der Waals surface area contributed by atoms with Gasteiger partial charge in [-0.15, -0.1) is 11.8 Å². The predicted octanol–water partition coefficient (Wildman–Crippen LogP) is 3.33. The first kappa shape index (κ1) is 14.7. The van der Waals surface area contributed by atoms with E-state index in [0.717, 1.165) is 16.3 Å². The number of hydrogen-bond acceptors (Lipinski definition) is 4. The maximum atomic E-state index is 12.9. The maximum absolute atomic E-state index is 12.9. The van der Waals surface area contributed by atoms with E-state index in [9.17, 15) is 8.42 Å². The fourth-order valence-corrected chi connectivity index (χ4v) is 5.14. The van der Waals surface area contributed by atoms with Gasteiger partial charge in [0.1, 0.15) is 0 Å². The van der Waals surface area contributed by atoms with Gasteiger partial charge in [-0.25, -0.2) is 8.42 Å². The molecule has 0 atom stereocenters. The molecular weight excluding hydrogens is 372 g/mol. The average Bonchev–Trinajstić information content (AvgIpc) is 2.49. The average molecular weight is 385 g/mol. The number of fused-ring (bicyclic) bond motifs is 1. The van der Waals surface area contributed by atoms with Gasteiger partial charge < -0.3 is 5.73 Å². The molecular formula is C14H13BrN2O2S2. The Morgan fingerprint density at radius 1 is 1.19 bits per heavy atom. The quantitative estimate of drug-likeness (QED) is 0.806. The molecule has 1 heterocycles. The highest BCUT2D eigenvalue weighted by molar-refractivity contribution is 9.10. The number of nitrogens with zero attached hydrogens (tertiary/aromatic N) is 1. The first-order valence-corrected chi connectivity index (χ1v) is 9.51. The minimum atomic E-state index is -3.60. The second-order valence-corrected chi connectivity index (χ2v) is 8.43. The molecule has 0 spiro atoms. The van der Waals surface area contributed by atoms with Crippen LogP contribution in [0.5, 0.6) is 0 Å². The van der Waals surface area contributed by atoms with E-state index < -0.39 is 10.0 Å². The van der Waals surface area contributed by atoms with Gasteiger partial charge >= 0.3 is 0 Å². The molecule has 2 N–H and O–H groups in total. The normalized spacial score (nSPS) is 14.8. The van der Waals surface area contributed by atoms with Crippen molar-refractivity contribution in [1.82, 2.24) is 0 Å². The summed E-state index contributed by atoms with van der Waals surface area (Å²) in [5.41, 5.74) is 6.95. The van der Waals surface area contributed by atoms with Crippen molar-refractivity contribution in [2.24, 2.45) is 0 Å². The Hall–Kier alpha value is -1.18. The molecule has 0 saturated carbocycles. The van der Waals surface area contributed by atoms with Gasteiger partial charge in [0.15, 0.2) is 0 Å². The number of benzene rings is 2. The molecule has 0 saturated heterocycles. The molecule has 3 rings (SSSR count). The lowest BCUT2D eigenvalue weighted by atomic mass is 10.3. The number of hydrogen-bond donors (Lipinski definition) is 1. The van der Waals surface area contributed by atoms with E-state index in [2.05, 4.69) is 15.9 Å². The van der Waals surface area contributed by atoms with Crippen molar-refractivity contribution in [3.63, 3.8) is 0 Å². The highest BCUT2D eigenvalue weighted by Gasteiger charge is 2.29. The minimum Gasteiger partial charge on any atom is -0.398 e. The highest BCUT2D eigenvalue weighted by Crippen LogP contribution is 2.37. The van der Waals surface area contributed by atoms with E-state index in [0.29, 0.717) is 16.7 Å². The number of nitrogen functional groups attached to an aromatic ring is 1. The Labute approximate surface area is 136 Å². The van der Waals surface area contributed by atoms with E-state index in [1.165, 1.54) is 10.4 Å². The van der Waals surface area contributed by atoms with E-state index in [-0.39, 0.29) is 4.90 Å². The van der Waals surface area contributed by atoms with Gasteiger partial charge in [0, 0.05) is 27.4 Å². The molecule has 1 aliphatic rings. The van der Waals surface area contributed by atoms with Crippen molar-refractivity contribution < 1.29 is 8.42 Å². The number of rotatable bonds is 2. The molecule has 21 heavy (non-hydrogen) atoms. The standard InChI is InChI=1S/C14H13BrN2O2S2/c15-11-6-5-10(9-12(11)16)21(18,19)17-7-8-20-14-4-2-1-3-13(14)17/h1-6,9H,7-8,16H2. The first-order chi connectivity index (χ1) is 10.00. The summed E-state index contributed by atoms with van der Waals surface area (Å²) in [6.07, 6.45) is 0. The second-order valence-electron chi connectivity index (χ2n) is 4.58. The fourth-order valence-electron chi connectivity index (χ4n) is 2.20. The Bertz CT molecular complexity index is 793. The van der Waals surface area contributed by atoms with Gasteiger partial charge in [0.2, 0.25) is 0 Å². The lowest BCUT2D eigenvalue weighted by Gasteiger charge is -2.30. The second kappa shape index (κ2) is 5.55. The number of nitrogens with two attached hydrogens (primary N) is 1. The third-order valence-electron chi connectivity index (χ3n) is 3.24. The Morgan fingerprint density at radius 3 is 2.71 bits per heavy atom. The van der Waals surface area contributed by atoms with Crippen LogP contribution in [-0.2, 0) is 10.0 Å². The number of sulfonamides is 1. The third-order valence-corrected chi connectivity index (χ3v) is 6.82. The van der Waals surface area contributed by atoms with Gasteiger partial charge in [0.05, 0.1) is 10.6 Å². The molecule has 0 radical (unpaired) electrons. The Morgan fingerprint density at radius 2 is 1.95 bits per heavy atom. The number of para-hydroxylation sites is 1. The predicted molar refractivity (Wildman–Crippen MR) is 90.3 cm³/mol. The molecule has 0 fully saturated rings. The van der Waals surface area contributed by atoms with Crippen LogP contribution in [0.25, 0.3) is 0 Å². The first-order valence-electron chi connectivity index (χ1n) is 6.30. The van der Waals surface area contributed by atoms with Crippen LogP contribution in [0.2, 0.25) is 0 Å². The molecule has 1 aliphatic heterocycles. The molecule has 0 amide bonds. The van der Waals surface area contributed by atoms with Crippen molar-refractivity contribution in [3.05, 3.63) is 46.9 Å². The number of anilines is 2. The van der Waals surface area contributed by atoms with Crippen molar-refractivity contribution >= 4 is 49.1 Å². The van der Waals surface area contributed by atoms with Gasteiger partial charge in [-0.2, -0.15) is 0 Å². The summed E-state index contributed by atoms with van der Waals surface area (Å²) in [6.45, 7) is 0.458. The minimum absolute atomic E-state index is 0.213. The highest BCUT2D eigenvalue weighted by atomic mass is 79.9. The van der Waals surface area contributed by atoms with E-state index in [1.807, 2.05) is 24.3 Å². The van der Waals surface area contributed by atoms with Crippen LogP contribution in [0.4, 0.5) is 11.4 Å². The monoisotopic (exact) mass is 384 g/mol. The zero-order chi connectivity index (χ0) is 15.0. The van der Waals surface area contributed by atoms with Gasteiger partial charge in [0.25, 0.3) is 10.0 Å². The summed E-state index contributed by atoms with van der Waals surface area (Å²) in [6, 6.07) is 12.3.